The number of nitro benzene ring substituents is 1. The van der Waals surface area contributed by atoms with Gasteiger partial charge in [-0.25, -0.2) is 14.8 Å². The number of ether oxygens (including phenoxy) is 1. The Morgan fingerprint density at radius 1 is 1.29 bits per heavy atom. The highest BCUT2D eigenvalue weighted by atomic mass is 16.6. The molecule has 0 fully saturated rings. The third-order valence-corrected chi connectivity index (χ3v) is 3.11. The van der Waals surface area contributed by atoms with Gasteiger partial charge in [0, 0.05) is 17.8 Å². The lowest BCUT2D eigenvalue weighted by Gasteiger charge is -2.05. The number of anilines is 3. The van der Waals surface area contributed by atoms with Crippen molar-refractivity contribution in [1.29, 1.82) is 0 Å². The van der Waals surface area contributed by atoms with Crippen LogP contribution < -0.4 is 10.6 Å². The highest BCUT2D eigenvalue weighted by Crippen LogP contribution is 2.22. The molecule has 0 saturated heterocycles. The summed E-state index contributed by atoms with van der Waals surface area (Å²) in [5.74, 6) is 0.219. The van der Waals surface area contributed by atoms with Gasteiger partial charge in [0.05, 0.1) is 23.9 Å². The number of carbonyl (C=O) groups excluding carboxylic acids is 1. The van der Waals surface area contributed by atoms with Crippen molar-refractivity contribution in [3.8, 4) is 0 Å². The molecule has 2 heterocycles. The van der Waals surface area contributed by atoms with Crippen molar-refractivity contribution < 1.29 is 14.5 Å². The summed E-state index contributed by atoms with van der Waals surface area (Å²) in [4.78, 5) is 32.6. The number of nitrogens with zero attached hydrogens (tertiary/aromatic N) is 3. The van der Waals surface area contributed by atoms with Gasteiger partial charge in [-0.3, -0.25) is 15.4 Å². The molecule has 2 aromatic heterocycles. The van der Waals surface area contributed by atoms with Crippen molar-refractivity contribution in [3.05, 3.63) is 46.6 Å². The molecule has 0 atom stereocenters. The Morgan fingerprint density at radius 2 is 2.04 bits per heavy atom. The number of fused-ring (bicyclic) bond motifs is 1. The van der Waals surface area contributed by atoms with E-state index in [2.05, 4.69) is 30.3 Å². The number of amides is 1. The molecular weight excluding hydrogens is 316 g/mol. The summed E-state index contributed by atoms with van der Waals surface area (Å²) in [6.45, 7) is 0. The minimum Gasteiger partial charge on any atom is -0.453 e. The second kappa shape index (κ2) is 6.20. The lowest BCUT2D eigenvalue weighted by molar-refractivity contribution is -0.384. The van der Waals surface area contributed by atoms with Gasteiger partial charge in [0.15, 0.2) is 5.65 Å². The van der Waals surface area contributed by atoms with E-state index in [0.717, 1.165) is 0 Å². The van der Waals surface area contributed by atoms with Crippen LogP contribution in [-0.4, -0.2) is 33.1 Å². The van der Waals surface area contributed by atoms with E-state index in [1.54, 1.807) is 24.4 Å². The number of hydrogen-bond acceptors (Lipinski definition) is 7. The fourth-order valence-electron chi connectivity index (χ4n) is 2.00. The van der Waals surface area contributed by atoms with Crippen molar-refractivity contribution in [3.63, 3.8) is 0 Å². The molecule has 0 bridgehead atoms. The van der Waals surface area contributed by atoms with Gasteiger partial charge in [0.25, 0.3) is 5.69 Å². The van der Waals surface area contributed by atoms with Crippen LogP contribution in [0, 0.1) is 10.1 Å². The lowest BCUT2D eigenvalue weighted by atomic mass is 10.2. The quantitative estimate of drug-likeness (QED) is 0.495. The number of aromatic nitrogens is 3. The smallest absolute Gasteiger partial charge is 0.413 e. The number of carbonyl (C=O) groups is 1. The number of nitrogens with one attached hydrogen (secondary N) is 3. The van der Waals surface area contributed by atoms with Crippen LogP contribution in [0.5, 0.6) is 0 Å². The first-order valence-electron chi connectivity index (χ1n) is 6.77. The Labute approximate surface area is 135 Å². The average molecular weight is 328 g/mol. The molecule has 1 aromatic carbocycles. The molecule has 0 radical (unpaired) electrons. The number of imidazole rings is 1. The summed E-state index contributed by atoms with van der Waals surface area (Å²) in [6.07, 6.45) is 0.933. The number of non-ortho nitro benzene ring substituents is 1. The van der Waals surface area contributed by atoms with Gasteiger partial charge < -0.3 is 15.0 Å². The Balaban J connectivity index is 1.79. The predicted molar refractivity (Wildman–Crippen MR) is 86.3 cm³/mol. The van der Waals surface area contributed by atoms with Crippen molar-refractivity contribution in [1.82, 2.24) is 15.0 Å². The number of hydrogen-bond donors (Lipinski definition) is 3. The number of methoxy groups -OCH3 is 1. The zero-order valence-corrected chi connectivity index (χ0v) is 12.4. The van der Waals surface area contributed by atoms with E-state index in [9.17, 15) is 14.9 Å². The number of benzene rings is 1. The third-order valence-electron chi connectivity index (χ3n) is 3.11. The second-order valence-corrected chi connectivity index (χ2v) is 4.72. The first-order chi connectivity index (χ1) is 11.5. The SMILES string of the molecule is COC(=O)Nc1nc2cc(Nc3ccc([N+](=O)[O-])cc3)cnc2[nH]1. The van der Waals surface area contributed by atoms with Crippen molar-refractivity contribution in [2.45, 2.75) is 0 Å². The summed E-state index contributed by atoms with van der Waals surface area (Å²) in [5.41, 5.74) is 2.36. The van der Waals surface area contributed by atoms with Gasteiger partial charge >= 0.3 is 6.09 Å². The molecule has 24 heavy (non-hydrogen) atoms. The Kier molecular flexibility index (Phi) is 3.93. The monoisotopic (exact) mass is 328 g/mol. The molecule has 122 valence electrons. The molecule has 0 aliphatic heterocycles. The summed E-state index contributed by atoms with van der Waals surface area (Å²) in [5, 5.41) is 16.1. The third kappa shape index (κ3) is 3.21. The zero-order chi connectivity index (χ0) is 17.1. The summed E-state index contributed by atoms with van der Waals surface area (Å²) >= 11 is 0. The van der Waals surface area contributed by atoms with Crippen molar-refractivity contribution >= 4 is 40.3 Å². The van der Waals surface area contributed by atoms with Gasteiger partial charge in [-0.1, -0.05) is 0 Å². The van der Waals surface area contributed by atoms with E-state index in [-0.39, 0.29) is 11.6 Å². The first-order valence-corrected chi connectivity index (χ1v) is 6.77. The van der Waals surface area contributed by atoms with Crippen LogP contribution in [0.2, 0.25) is 0 Å². The highest BCUT2D eigenvalue weighted by molar-refractivity contribution is 5.86. The molecule has 0 aliphatic carbocycles. The molecule has 3 N–H and O–H groups in total. The van der Waals surface area contributed by atoms with E-state index >= 15 is 0 Å². The summed E-state index contributed by atoms with van der Waals surface area (Å²) < 4.78 is 4.49. The Bertz CT molecular complexity index is 905. The minimum atomic E-state index is -0.640. The zero-order valence-electron chi connectivity index (χ0n) is 12.4. The molecular formula is C14H12N6O4. The highest BCUT2D eigenvalue weighted by Gasteiger charge is 2.09. The fourth-order valence-corrected chi connectivity index (χ4v) is 2.00. The van der Waals surface area contributed by atoms with Gasteiger partial charge in [-0.05, 0) is 18.2 Å². The van der Waals surface area contributed by atoms with Gasteiger partial charge in [0.1, 0.15) is 5.52 Å². The van der Waals surface area contributed by atoms with Gasteiger partial charge in [-0.2, -0.15) is 0 Å². The van der Waals surface area contributed by atoms with Crippen LogP contribution >= 0.6 is 0 Å². The Morgan fingerprint density at radius 3 is 2.71 bits per heavy atom. The molecule has 3 rings (SSSR count). The molecule has 0 spiro atoms. The Hall–Kier alpha value is -3.69. The van der Waals surface area contributed by atoms with Crippen molar-refractivity contribution in [2.24, 2.45) is 0 Å². The number of pyridine rings is 1. The molecule has 0 saturated carbocycles. The molecule has 10 nitrogen and oxygen atoms in total. The maximum absolute atomic E-state index is 11.2. The van der Waals surface area contributed by atoms with E-state index in [1.165, 1.54) is 19.2 Å². The van der Waals surface area contributed by atoms with E-state index in [1.807, 2.05) is 0 Å². The second-order valence-electron chi connectivity index (χ2n) is 4.72. The molecule has 0 aliphatic rings. The maximum atomic E-state index is 11.2. The van der Waals surface area contributed by atoms with Crippen LogP contribution in [0.1, 0.15) is 0 Å². The average Bonchev–Trinajstić information content (AvgIpc) is 2.96. The number of rotatable bonds is 4. The lowest BCUT2D eigenvalue weighted by Crippen LogP contribution is -2.11. The van der Waals surface area contributed by atoms with Crippen LogP contribution in [0.3, 0.4) is 0 Å². The molecule has 10 heteroatoms. The summed E-state index contributed by atoms with van der Waals surface area (Å²) in [6, 6.07) is 7.72. The van der Waals surface area contributed by atoms with E-state index in [4.69, 9.17) is 0 Å². The molecule has 1 amide bonds. The normalized spacial score (nSPS) is 10.4. The first kappa shape index (κ1) is 15.2. The number of nitro groups is 1. The van der Waals surface area contributed by atoms with Gasteiger partial charge in [0.2, 0.25) is 5.95 Å². The van der Waals surface area contributed by atoms with Crippen LogP contribution in [0.4, 0.5) is 27.8 Å². The standard InChI is InChI=1S/C14H12N6O4/c1-24-14(21)19-13-17-11-6-9(7-15-12(11)18-13)16-8-2-4-10(5-3-8)20(22)23/h2-7,16H,1H3,(H2,15,17,18,19,21). The van der Waals surface area contributed by atoms with E-state index < -0.39 is 11.0 Å². The molecule has 3 aromatic rings. The largest absolute Gasteiger partial charge is 0.453 e. The van der Waals surface area contributed by atoms with Crippen LogP contribution in [0.15, 0.2) is 36.5 Å². The van der Waals surface area contributed by atoms with Crippen molar-refractivity contribution in [2.75, 3.05) is 17.7 Å². The maximum Gasteiger partial charge on any atom is 0.413 e. The van der Waals surface area contributed by atoms with Crippen LogP contribution in [0.25, 0.3) is 11.2 Å². The van der Waals surface area contributed by atoms with E-state index in [0.29, 0.717) is 22.5 Å². The van der Waals surface area contributed by atoms with Gasteiger partial charge in [-0.15, -0.1) is 0 Å². The predicted octanol–water partition coefficient (Wildman–Crippen LogP) is 2.79. The molecule has 0 unspecified atom stereocenters. The van der Waals surface area contributed by atoms with Crippen LogP contribution in [-0.2, 0) is 4.74 Å². The minimum absolute atomic E-state index is 0.0138. The number of H-pyrrole nitrogens is 1. The number of aromatic amines is 1. The summed E-state index contributed by atoms with van der Waals surface area (Å²) in [7, 11) is 1.25. The fraction of sp³-hybridized carbons (Fsp3) is 0.0714. The topological polar surface area (TPSA) is 135 Å².